The Morgan fingerprint density at radius 3 is 2.19 bits per heavy atom. The third-order valence-corrected chi connectivity index (χ3v) is 10.1. The normalized spacial score (nSPS) is 16.8. The average Bonchev–Trinajstić information content (AvgIpc) is 3.47. The number of hydrogen-bond donors (Lipinski definition) is 4. The van der Waals surface area contributed by atoms with E-state index in [1.54, 1.807) is 0 Å². The molecule has 272 valence electrons. The predicted molar refractivity (Wildman–Crippen MR) is 193 cm³/mol. The summed E-state index contributed by atoms with van der Waals surface area (Å²) >= 11 is 0. The first-order valence-electron chi connectivity index (χ1n) is 17.0. The number of carbonyl (C=O) groups is 4. The van der Waals surface area contributed by atoms with Gasteiger partial charge in [-0.25, -0.2) is 4.79 Å². The maximum Gasteiger partial charge on any atom is 0.411 e. The van der Waals surface area contributed by atoms with Crippen LogP contribution in [0.4, 0.5) is 4.79 Å². The highest BCUT2D eigenvalue weighted by atomic mass is 31.2. The molecule has 0 aromatic heterocycles. The van der Waals surface area contributed by atoms with E-state index >= 15 is 0 Å². The number of fused-ring (bicyclic) bond motifs is 4. The largest absolute Gasteiger partial charge is 0.453 e. The zero-order valence-corrected chi connectivity index (χ0v) is 29.5. The predicted octanol–water partition coefficient (Wildman–Crippen LogP) is 4.09. The lowest BCUT2D eigenvalue weighted by Crippen LogP contribution is -2.61. The minimum absolute atomic E-state index is 0.127. The topological polar surface area (TPSA) is 189 Å². The number of nitrogens with two attached hydrogens (primary N) is 1. The second-order valence-electron chi connectivity index (χ2n) is 13.0. The Hall–Kier alpha value is -5.07. The van der Waals surface area contributed by atoms with Crippen molar-refractivity contribution in [3.05, 3.63) is 108 Å². The molecular formula is C38H41N4O9P. The van der Waals surface area contributed by atoms with Crippen LogP contribution in [0, 0.1) is 0 Å². The number of nitrogens with zero attached hydrogens (tertiary/aromatic N) is 2. The van der Waals surface area contributed by atoms with Gasteiger partial charge in [-0.05, 0) is 57.9 Å². The standard InChI is InChI=1S/C38H41N4O9P/c1-50-38(46)42(34-29-14-6-4-12-27(29)28-13-5-7-15-30(28)34)33(22-51-23-52(47,48)49)37(45)41-19-9-8-16-32(41)36(44)40-31(35(39)43)21-24-17-18-25-10-2-3-11-26(25)20-24/h2-7,10-15,17-18,20,31-34H,8-9,16,19,21-23H2,1H3,(H2,39,43)(H,40,44)(H2,47,48,49). The minimum atomic E-state index is -4.66. The molecule has 52 heavy (non-hydrogen) atoms. The summed E-state index contributed by atoms with van der Waals surface area (Å²) in [4.78, 5) is 76.9. The average molecular weight is 729 g/mol. The Morgan fingerprint density at radius 1 is 0.923 bits per heavy atom. The first-order valence-corrected chi connectivity index (χ1v) is 18.8. The van der Waals surface area contributed by atoms with E-state index in [1.165, 1.54) is 16.9 Å². The second-order valence-corrected chi connectivity index (χ2v) is 14.6. The highest BCUT2D eigenvalue weighted by molar-refractivity contribution is 7.51. The molecule has 0 bridgehead atoms. The molecular weight excluding hydrogens is 687 g/mol. The molecule has 13 nitrogen and oxygen atoms in total. The van der Waals surface area contributed by atoms with E-state index < -0.39 is 68.5 Å². The first kappa shape index (κ1) is 36.7. The zero-order chi connectivity index (χ0) is 37.0. The monoisotopic (exact) mass is 728 g/mol. The molecule has 2 aliphatic rings. The molecule has 1 fully saturated rings. The first-order chi connectivity index (χ1) is 25.0. The molecule has 3 unspecified atom stereocenters. The van der Waals surface area contributed by atoms with Crippen LogP contribution >= 0.6 is 7.60 Å². The Kier molecular flexibility index (Phi) is 11.1. The van der Waals surface area contributed by atoms with Crippen LogP contribution in [-0.4, -0.2) is 88.1 Å². The maximum absolute atomic E-state index is 14.8. The van der Waals surface area contributed by atoms with Crippen molar-refractivity contribution in [1.82, 2.24) is 15.1 Å². The SMILES string of the molecule is COC(=O)N(C(COCP(=O)(O)O)C(=O)N1CCCCC1C(=O)NC(Cc1ccc2ccccc2c1)C(N)=O)C1c2ccccc2-c2ccccc21. The smallest absolute Gasteiger partial charge is 0.411 e. The number of primary amides is 1. The van der Waals surface area contributed by atoms with E-state index in [-0.39, 0.29) is 19.4 Å². The van der Waals surface area contributed by atoms with Crippen molar-refractivity contribution in [2.24, 2.45) is 5.73 Å². The molecule has 0 radical (unpaired) electrons. The molecule has 1 aliphatic heterocycles. The van der Waals surface area contributed by atoms with Crippen molar-refractivity contribution in [2.75, 3.05) is 26.6 Å². The van der Waals surface area contributed by atoms with Crippen LogP contribution in [0.5, 0.6) is 0 Å². The number of methoxy groups -OCH3 is 1. The van der Waals surface area contributed by atoms with Crippen molar-refractivity contribution >= 4 is 42.2 Å². The van der Waals surface area contributed by atoms with Crippen molar-refractivity contribution in [3.8, 4) is 11.1 Å². The Bertz CT molecular complexity index is 1990. The van der Waals surface area contributed by atoms with Crippen molar-refractivity contribution in [3.63, 3.8) is 0 Å². The number of hydrogen-bond acceptors (Lipinski definition) is 7. The summed E-state index contributed by atoms with van der Waals surface area (Å²) < 4.78 is 22.5. The summed E-state index contributed by atoms with van der Waals surface area (Å²) in [6, 6.07) is 23.9. The van der Waals surface area contributed by atoms with Gasteiger partial charge >= 0.3 is 13.7 Å². The molecule has 4 aromatic rings. The van der Waals surface area contributed by atoms with Crippen LogP contribution in [0.1, 0.15) is 42.0 Å². The molecule has 1 aliphatic carbocycles. The van der Waals surface area contributed by atoms with Gasteiger partial charge in [0.2, 0.25) is 17.7 Å². The van der Waals surface area contributed by atoms with Gasteiger partial charge in [-0.3, -0.25) is 23.8 Å². The number of benzene rings is 4. The van der Waals surface area contributed by atoms with Gasteiger partial charge in [0.15, 0.2) is 0 Å². The Balaban J connectivity index is 1.32. The third kappa shape index (κ3) is 7.88. The fourth-order valence-corrected chi connectivity index (χ4v) is 7.60. The van der Waals surface area contributed by atoms with E-state index in [0.29, 0.717) is 24.0 Å². The zero-order valence-electron chi connectivity index (χ0n) is 28.6. The summed E-state index contributed by atoms with van der Waals surface area (Å²) in [7, 11) is -3.49. The highest BCUT2D eigenvalue weighted by Gasteiger charge is 2.46. The van der Waals surface area contributed by atoms with E-state index in [0.717, 1.165) is 27.5 Å². The lowest BCUT2D eigenvalue weighted by atomic mass is 9.97. The fraction of sp³-hybridized carbons (Fsp3) is 0.316. The lowest BCUT2D eigenvalue weighted by molar-refractivity contribution is -0.148. The fourth-order valence-electron chi connectivity index (χ4n) is 7.25. The number of amides is 4. The van der Waals surface area contributed by atoms with Gasteiger partial charge in [0.05, 0.1) is 19.8 Å². The van der Waals surface area contributed by atoms with Crippen LogP contribution in [-0.2, 0) is 34.8 Å². The maximum atomic E-state index is 14.8. The van der Waals surface area contributed by atoms with E-state index in [9.17, 15) is 33.5 Å². The second kappa shape index (κ2) is 15.7. The quantitative estimate of drug-likeness (QED) is 0.156. The molecule has 5 N–H and O–H groups in total. The van der Waals surface area contributed by atoms with Crippen LogP contribution in [0.3, 0.4) is 0 Å². The minimum Gasteiger partial charge on any atom is -0.453 e. The molecule has 3 atom stereocenters. The van der Waals surface area contributed by atoms with Gasteiger partial charge in [-0.2, -0.15) is 0 Å². The number of nitrogens with one attached hydrogen (secondary N) is 1. The summed E-state index contributed by atoms with van der Waals surface area (Å²) in [5.41, 5.74) is 9.68. The summed E-state index contributed by atoms with van der Waals surface area (Å²) in [5, 5.41) is 4.75. The molecule has 4 amide bonds. The molecule has 1 heterocycles. The van der Waals surface area contributed by atoms with Crippen LogP contribution in [0.15, 0.2) is 91.0 Å². The molecule has 4 aromatic carbocycles. The van der Waals surface area contributed by atoms with Crippen LogP contribution in [0.25, 0.3) is 21.9 Å². The molecule has 0 spiro atoms. The van der Waals surface area contributed by atoms with Crippen molar-refractivity contribution < 1.29 is 43.0 Å². The van der Waals surface area contributed by atoms with Gasteiger partial charge < -0.3 is 35.2 Å². The van der Waals surface area contributed by atoms with Gasteiger partial charge in [0.1, 0.15) is 24.5 Å². The molecule has 6 rings (SSSR count). The number of ether oxygens (including phenoxy) is 2. The third-order valence-electron chi connectivity index (χ3n) is 9.62. The van der Waals surface area contributed by atoms with Gasteiger partial charge in [-0.15, -0.1) is 0 Å². The Morgan fingerprint density at radius 2 is 1.56 bits per heavy atom. The van der Waals surface area contributed by atoms with Crippen LogP contribution in [0.2, 0.25) is 0 Å². The summed E-state index contributed by atoms with van der Waals surface area (Å²) in [5.74, 6) is -2.01. The Labute approximate surface area is 300 Å². The van der Waals surface area contributed by atoms with Gasteiger partial charge in [0.25, 0.3) is 0 Å². The molecule has 14 heteroatoms. The van der Waals surface area contributed by atoms with Crippen molar-refractivity contribution in [1.29, 1.82) is 0 Å². The number of carbonyl (C=O) groups excluding carboxylic acids is 4. The summed E-state index contributed by atoms with van der Waals surface area (Å²) in [6.45, 7) is -0.457. The van der Waals surface area contributed by atoms with E-state index in [2.05, 4.69) is 5.32 Å². The highest BCUT2D eigenvalue weighted by Crippen LogP contribution is 2.47. The van der Waals surface area contributed by atoms with Crippen molar-refractivity contribution in [2.45, 2.75) is 49.9 Å². The number of likely N-dealkylation sites (tertiary alicyclic amines) is 1. The van der Waals surface area contributed by atoms with E-state index in [4.69, 9.17) is 15.2 Å². The lowest BCUT2D eigenvalue weighted by Gasteiger charge is -2.41. The number of piperidine rings is 1. The summed E-state index contributed by atoms with van der Waals surface area (Å²) in [6.07, 6.45) is -0.323. The van der Waals surface area contributed by atoms with Gasteiger partial charge in [-0.1, -0.05) is 91.0 Å². The van der Waals surface area contributed by atoms with Crippen LogP contribution < -0.4 is 11.1 Å². The molecule has 0 saturated carbocycles. The van der Waals surface area contributed by atoms with E-state index in [1.807, 2.05) is 91.0 Å². The number of rotatable bonds is 12. The molecule has 1 saturated heterocycles. The van der Waals surface area contributed by atoms with Gasteiger partial charge in [0, 0.05) is 13.0 Å².